The molecule has 0 unspecified atom stereocenters. The lowest BCUT2D eigenvalue weighted by Crippen LogP contribution is -2.38. The number of aryl methyl sites for hydroxylation is 1. The Bertz CT molecular complexity index is 907. The standard InChI is InChI=1S/C20H23N3O3.ClH/c1-15-12-20(26-11-8-22-6-9-25-10-7-22)21-23(15)18-4-2-16-3-5-19(24)14-17(16)13-18;/h2-5,12-14,24H,6-11H2,1H3;1H. The molecule has 1 aliphatic heterocycles. The lowest BCUT2D eigenvalue weighted by atomic mass is 10.1. The molecule has 1 aromatic heterocycles. The van der Waals surface area contributed by atoms with E-state index >= 15 is 0 Å². The van der Waals surface area contributed by atoms with E-state index in [0.29, 0.717) is 12.5 Å². The molecule has 6 nitrogen and oxygen atoms in total. The first-order valence-electron chi connectivity index (χ1n) is 8.92. The molecule has 4 rings (SSSR count). The Hall–Kier alpha value is -2.28. The number of phenols is 1. The van der Waals surface area contributed by atoms with Crippen molar-refractivity contribution in [1.82, 2.24) is 14.7 Å². The second-order valence-electron chi connectivity index (χ2n) is 6.55. The average molecular weight is 390 g/mol. The molecule has 3 aromatic rings. The van der Waals surface area contributed by atoms with Gasteiger partial charge < -0.3 is 14.6 Å². The van der Waals surface area contributed by atoms with Crippen molar-refractivity contribution in [2.45, 2.75) is 6.92 Å². The number of ether oxygens (including phenoxy) is 2. The van der Waals surface area contributed by atoms with Crippen LogP contribution in [0.25, 0.3) is 16.5 Å². The van der Waals surface area contributed by atoms with Gasteiger partial charge in [0.05, 0.1) is 18.9 Å². The fourth-order valence-electron chi connectivity index (χ4n) is 3.24. The molecule has 0 bridgehead atoms. The van der Waals surface area contributed by atoms with E-state index in [9.17, 15) is 5.11 Å². The summed E-state index contributed by atoms with van der Waals surface area (Å²) in [5.74, 6) is 0.894. The fraction of sp³-hybridized carbons (Fsp3) is 0.350. The molecular weight excluding hydrogens is 366 g/mol. The lowest BCUT2D eigenvalue weighted by molar-refractivity contribution is 0.0320. The zero-order valence-corrected chi connectivity index (χ0v) is 16.1. The molecule has 144 valence electrons. The highest BCUT2D eigenvalue weighted by molar-refractivity contribution is 5.86. The van der Waals surface area contributed by atoms with Crippen LogP contribution in [0.5, 0.6) is 11.6 Å². The van der Waals surface area contributed by atoms with Crippen LogP contribution >= 0.6 is 12.4 Å². The van der Waals surface area contributed by atoms with E-state index in [-0.39, 0.29) is 18.2 Å². The molecule has 0 radical (unpaired) electrons. The van der Waals surface area contributed by atoms with Gasteiger partial charge >= 0.3 is 0 Å². The minimum atomic E-state index is 0. The summed E-state index contributed by atoms with van der Waals surface area (Å²) in [6.07, 6.45) is 0. The zero-order valence-electron chi connectivity index (χ0n) is 15.3. The van der Waals surface area contributed by atoms with Gasteiger partial charge in [-0.3, -0.25) is 4.90 Å². The van der Waals surface area contributed by atoms with Crippen LogP contribution in [-0.4, -0.2) is 59.2 Å². The van der Waals surface area contributed by atoms with Crippen LogP contribution in [0.4, 0.5) is 0 Å². The summed E-state index contributed by atoms with van der Waals surface area (Å²) in [4.78, 5) is 2.34. The third-order valence-electron chi connectivity index (χ3n) is 4.68. The molecule has 0 saturated carbocycles. The van der Waals surface area contributed by atoms with E-state index in [1.165, 1.54) is 0 Å². The van der Waals surface area contributed by atoms with Gasteiger partial charge in [0.25, 0.3) is 0 Å². The molecule has 1 N–H and O–H groups in total. The summed E-state index contributed by atoms with van der Waals surface area (Å²) in [6, 6.07) is 13.4. The second-order valence-corrected chi connectivity index (χ2v) is 6.55. The first-order chi connectivity index (χ1) is 12.7. The van der Waals surface area contributed by atoms with Gasteiger partial charge in [-0.15, -0.1) is 17.5 Å². The normalized spacial score (nSPS) is 14.9. The van der Waals surface area contributed by atoms with Gasteiger partial charge in [-0.05, 0) is 42.0 Å². The van der Waals surface area contributed by atoms with Gasteiger partial charge in [-0.25, -0.2) is 4.68 Å². The smallest absolute Gasteiger partial charge is 0.233 e. The largest absolute Gasteiger partial charge is 0.508 e. The predicted octanol–water partition coefficient (Wildman–Crippen LogP) is 3.17. The molecule has 1 aliphatic rings. The summed E-state index contributed by atoms with van der Waals surface area (Å²) in [5, 5.41) is 16.3. The number of morpholine rings is 1. The molecule has 27 heavy (non-hydrogen) atoms. The molecular formula is C20H24ClN3O3. The maximum atomic E-state index is 9.70. The second kappa shape index (κ2) is 8.61. The van der Waals surface area contributed by atoms with Gasteiger partial charge in [0, 0.05) is 31.4 Å². The first kappa shape index (κ1) is 19.5. The van der Waals surface area contributed by atoms with Crippen molar-refractivity contribution in [3.63, 3.8) is 0 Å². The van der Waals surface area contributed by atoms with Crippen LogP contribution in [0.15, 0.2) is 42.5 Å². The van der Waals surface area contributed by atoms with Crippen molar-refractivity contribution in [1.29, 1.82) is 0 Å². The molecule has 2 heterocycles. The van der Waals surface area contributed by atoms with Crippen LogP contribution in [0, 0.1) is 6.92 Å². The number of fused-ring (bicyclic) bond motifs is 1. The van der Waals surface area contributed by atoms with E-state index in [2.05, 4.69) is 10.00 Å². The number of benzene rings is 2. The first-order valence-corrected chi connectivity index (χ1v) is 8.92. The van der Waals surface area contributed by atoms with E-state index in [0.717, 1.165) is 55.0 Å². The van der Waals surface area contributed by atoms with Gasteiger partial charge in [-0.2, -0.15) is 0 Å². The summed E-state index contributed by atoms with van der Waals surface area (Å²) in [6.45, 7) is 7.01. The fourth-order valence-corrected chi connectivity index (χ4v) is 3.24. The van der Waals surface area contributed by atoms with Gasteiger partial charge in [-0.1, -0.05) is 12.1 Å². The van der Waals surface area contributed by atoms with Crippen molar-refractivity contribution in [2.75, 3.05) is 39.5 Å². The van der Waals surface area contributed by atoms with Gasteiger partial charge in [0.2, 0.25) is 5.88 Å². The molecule has 7 heteroatoms. The quantitative estimate of drug-likeness (QED) is 0.726. The van der Waals surface area contributed by atoms with Crippen LogP contribution in [0.1, 0.15) is 5.69 Å². The molecule has 1 fully saturated rings. The lowest BCUT2D eigenvalue weighted by Gasteiger charge is -2.26. The number of aromatic nitrogens is 2. The summed E-state index contributed by atoms with van der Waals surface area (Å²) in [5.41, 5.74) is 1.95. The summed E-state index contributed by atoms with van der Waals surface area (Å²) < 4.78 is 13.1. The number of hydrogen-bond donors (Lipinski definition) is 1. The molecule has 0 amide bonds. The number of phenolic OH excluding ortho intramolecular Hbond substituents is 1. The summed E-state index contributed by atoms with van der Waals surface area (Å²) in [7, 11) is 0. The van der Waals surface area contributed by atoms with Crippen LogP contribution in [0.3, 0.4) is 0 Å². The minimum Gasteiger partial charge on any atom is -0.508 e. The van der Waals surface area contributed by atoms with E-state index in [4.69, 9.17) is 9.47 Å². The predicted molar refractivity (Wildman–Crippen MR) is 107 cm³/mol. The van der Waals surface area contributed by atoms with Crippen molar-refractivity contribution in [3.05, 3.63) is 48.2 Å². The molecule has 0 atom stereocenters. The van der Waals surface area contributed by atoms with Crippen molar-refractivity contribution in [3.8, 4) is 17.3 Å². The Morgan fingerprint density at radius 2 is 1.85 bits per heavy atom. The van der Waals surface area contributed by atoms with Crippen molar-refractivity contribution < 1.29 is 14.6 Å². The van der Waals surface area contributed by atoms with Crippen LogP contribution in [-0.2, 0) is 4.74 Å². The van der Waals surface area contributed by atoms with E-state index in [1.54, 1.807) is 12.1 Å². The third-order valence-corrected chi connectivity index (χ3v) is 4.68. The average Bonchev–Trinajstić information content (AvgIpc) is 3.02. The summed E-state index contributed by atoms with van der Waals surface area (Å²) >= 11 is 0. The van der Waals surface area contributed by atoms with Gasteiger partial charge in [0.1, 0.15) is 12.4 Å². The number of hydrogen-bond acceptors (Lipinski definition) is 5. The van der Waals surface area contributed by atoms with Crippen LogP contribution in [0.2, 0.25) is 0 Å². The highest BCUT2D eigenvalue weighted by Gasteiger charge is 2.12. The maximum Gasteiger partial charge on any atom is 0.233 e. The van der Waals surface area contributed by atoms with E-state index < -0.39 is 0 Å². The Morgan fingerprint density at radius 3 is 2.67 bits per heavy atom. The highest BCUT2D eigenvalue weighted by Crippen LogP contribution is 2.24. The van der Waals surface area contributed by atoms with E-state index in [1.807, 2.05) is 41.9 Å². The zero-order chi connectivity index (χ0) is 17.9. The topological polar surface area (TPSA) is 59.8 Å². The maximum absolute atomic E-state index is 9.70. The van der Waals surface area contributed by atoms with Crippen molar-refractivity contribution in [2.24, 2.45) is 0 Å². The number of halogens is 1. The Balaban J connectivity index is 0.00000210. The molecule has 2 aromatic carbocycles. The Kier molecular flexibility index (Phi) is 6.21. The number of nitrogens with zero attached hydrogens (tertiary/aromatic N) is 3. The SMILES string of the molecule is Cc1cc(OCCN2CCOCC2)nn1-c1ccc2ccc(O)cc2c1.Cl. The number of aromatic hydroxyl groups is 1. The van der Waals surface area contributed by atoms with Crippen molar-refractivity contribution >= 4 is 23.2 Å². The molecule has 0 aliphatic carbocycles. The monoisotopic (exact) mass is 389 g/mol. The molecule has 0 spiro atoms. The van der Waals surface area contributed by atoms with Crippen LogP contribution < -0.4 is 4.74 Å². The third kappa shape index (κ3) is 4.53. The molecule has 1 saturated heterocycles. The number of rotatable bonds is 5. The minimum absolute atomic E-state index is 0. The Morgan fingerprint density at radius 1 is 1.07 bits per heavy atom. The Labute approximate surface area is 164 Å². The van der Waals surface area contributed by atoms with Gasteiger partial charge in [0.15, 0.2) is 0 Å². The highest BCUT2D eigenvalue weighted by atomic mass is 35.5.